The molecule has 1 atom stereocenters. The van der Waals surface area contributed by atoms with E-state index in [4.69, 9.17) is 9.47 Å². The van der Waals surface area contributed by atoms with Crippen LogP contribution in [0.15, 0.2) is 36.4 Å². The van der Waals surface area contributed by atoms with Crippen molar-refractivity contribution in [2.24, 2.45) is 5.41 Å². The van der Waals surface area contributed by atoms with E-state index in [0.29, 0.717) is 24.1 Å². The minimum Gasteiger partial charge on any atom is -0.465 e. The Kier molecular flexibility index (Phi) is 6.29. The van der Waals surface area contributed by atoms with E-state index in [2.05, 4.69) is 6.58 Å². The van der Waals surface area contributed by atoms with Crippen LogP contribution in [0.1, 0.15) is 39.7 Å². The predicted octanol–water partition coefficient (Wildman–Crippen LogP) is 4.11. The van der Waals surface area contributed by atoms with Gasteiger partial charge < -0.3 is 14.4 Å². The fraction of sp³-hybridized carbons (Fsp3) is 0.524. The van der Waals surface area contributed by atoms with Gasteiger partial charge in [-0.05, 0) is 58.2 Å². The van der Waals surface area contributed by atoms with Crippen molar-refractivity contribution in [3.8, 4) is 0 Å². The monoisotopic (exact) mass is 377 g/mol. The van der Waals surface area contributed by atoms with Crippen molar-refractivity contribution in [1.29, 1.82) is 0 Å². The van der Waals surface area contributed by atoms with E-state index in [9.17, 15) is 14.0 Å². The van der Waals surface area contributed by atoms with Crippen LogP contribution in [0.4, 0.5) is 9.18 Å². The molecule has 0 N–H and O–H groups in total. The highest BCUT2D eigenvalue weighted by atomic mass is 19.1. The van der Waals surface area contributed by atoms with Gasteiger partial charge in [-0.3, -0.25) is 4.79 Å². The quantitative estimate of drug-likeness (QED) is 0.585. The number of esters is 1. The van der Waals surface area contributed by atoms with E-state index in [0.717, 1.165) is 0 Å². The van der Waals surface area contributed by atoms with Gasteiger partial charge in [-0.2, -0.15) is 0 Å². The first-order valence-electron chi connectivity index (χ1n) is 9.15. The number of likely N-dealkylation sites (tertiary alicyclic amines) is 1. The molecule has 1 amide bonds. The largest absolute Gasteiger partial charge is 0.465 e. The molecular weight excluding hydrogens is 349 g/mol. The molecule has 1 saturated heterocycles. The molecule has 1 aliphatic rings. The van der Waals surface area contributed by atoms with Gasteiger partial charge in [0.2, 0.25) is 0 Å². The highest BCUT2D eigenvalue weighted by Crippen LogP contribution is 2.39. The second-order valence-corrected chi connectivity index (χ2v) is 7.86. The zero-order chi connectivity index (χ0) is 20.2. The number of benzene rings is 1. The molecule has 6 heteroatoms. The SMILES string of the molecule is C=C1CCN(C(=O)OC(C)(C)C)CC1(Cc1cccc(F)c1)C(=O)OCC. The standard InChI is InChI=1S/C21H28FNO4/c1-6-26-18(24)21(13-16-8-7-9-17(22)12-16)14-23(11-10-15(21)2)19(25)27-20(3,4)5/h7-9,12H,2,6,10-11,13-14H2,1,3-5H3. The van der Waals surface area contributed by atoms with E-state index in [1.165, 1.54) is 17.0 Å². The van der Waals surface area contributed by atoms with Gasteiger partial charge in [0.05, 0.1) is 6.61 Å². The van der Waals surface area contributed by atoms with Crippen LogP contribution < -0.4 is 0 Å². The molecule has 5 nitrogen and oxygen atoms in total. The third kappa shape index (κ3) is 5.08. The van der Waals surface area contributed by atoms with E-state index in [-0.39, 0.29) is 25.4 Å². The number of halogens is 1. The maximum atomic E-state index is 13.7. The maximum absolute atomic E-state index is 13.7. The molecule has 1 aromatic rings. The van der Waals surface area contributed by atoms with Crippen molar-refractivity contribution in [3.05, 3.63) is 47.8 Å². The Morgan fingerprint density at radius 3 is 2.63 bits per heavy atom. The number of hydrogen-bond donors (Lipinski definition) is 0. The summed E-state index contributed by atoms with van der Waals surface area (Å²) in [6.07, 6.45) is 0.178. The van der Waals surface area contributed by atoms with Crippen LogP contribution in [0.3, 0.4) is 0 Å². The molecule has 27 heavy (non-hydrogen) atoms. The Labute approximate surface area is 160 Å². The average Bonchev–Trinajstić information content (AvgIpc) is 2.55. The summed E-state index contributed by atoms with van der Waals surface area (Å²) in [7, 11) is 0. The molecule has 0 spiro atoms. The van der Waals surface area contributed by atoms with Crippen LogP contribution in [0.2, 0.25) is 0 Å². The van der Waals surface area contributed by atoms with Gasteiger partial charge in [-0.1, -0.05) is 24.3 Å². The number of amides is 1. The van der Waals surface area contributed by atoms with Gasteiger partial charge in [-0.15, -0.1) is 0 Å². The van der Waals surface area contributed by atoms with Gasteiger partial charge in [0.25, 0.3) is 0 Å². The highest BCUT2D eigenvalue weighted by Gasteiger charge is 2.48. The van der Waals surface area contributed by atoms with Gasteiger partial charge in [0.15, 0.2) is 0 Å². The fourth-order valence-corrected chi connectivity index (χ4v) is 3.23. The second-order valence-electron chi connectivity index (χ2n) is 7.86. The lowest BCUT2D eigenvalue weighted by molar-refractivity contribution is -0.155. The summed E-state index contributed by atoms with van der Waals surface area (Å²) in [5, 5.41) is 0. The molecule has 1 aliphatic heterocycles. The maximum Gasteiger partial charge on any atom is 0.410 e. The van der Waals surface area contributed by atoms with E-state index in [1.54, 1.807) is 39.8 Å². The molecule has 0 bridgehead atoms. The van der Waals surface area contributed by atoms with Crippen LogP contribution in [0.5, 0.6) is 0 Å². The summed E-state index contributed by atoms with van der Waals surface area (Å²) in [6, 6.07) is 6.09. The number of carbonyl (C=O) groups is 2. The first-order valence-corrected chi connectivity index (χ1v) is 9.15. The van der Waals surface area contributed by atoms with Gasteiger partial charge >= 0.3 is 12.1 Å². The molecule has 1 aromatic carbocycles. The lowest BCUT2D eigenvalue weighted by Gasteiger charge is -2.42. The Hall–Kier alpha value is -2.37. The molecule has 0 aromatic heterocycles. The molecule has 2 rings (SSSR count). The van der Waals surface area contributed by atoms with Crippen LogP contribution in [0.25, 0.3) is 0 Å². The van der Waals surface area contributed by atoms with Gasteiger partial charge in [-0.25, -0.2) is 9.18 Å². The van der Waals surface area contributed by atoms with Gasteiger partial charge in [0, 0.05) is 13.1 Å². The molecule has 1 unspecified atom stereocenters. The number of carbonyl (C=O) groups excluding carboxylic acids is 2. The Bertz CT molecular complexity index is 725. The van der Waals surface area contributed by atoms with Crippen LogP contribution in [-0.4, -0.2) is 42.3 Å². The zero-order valence-electron chi connectivity index (χ0n) is 16.5. The van der Waals surface area contributed by atoms with E-state index < -0.39 is 23.1 Å². The molecule has 0 radical (unpaired) electrons. The van der Waals surface area contributed by atoms with Crippen molar-refractivity contribution in [2.45, 2.75) is 46.1 Å². The molecular formula is C21H28FNO4. The summed E-state index contributed by atoms with van der Waals surface area (Å²) in [4.78, 5) is 27.0. The molecule has 0 aliphatic carbocycles. The summed E-state index contributed by atoms with van der Waals surface area (Å²) >= 11 is 0. The topological polar surface area (TPSA) is 55.8 Å². The predicted molar refractivity (Wildman–Crippen MR) is 101 cm³/mol. The number of piperidine rings is 1. The van der Waals surface area contributed by atoms with Crippen LogP contribution in [-0.2, 0) is 20.7 Å². The second kappa shape index (κ2) is 8.11. The fourth-order valence-electron chi connectivity index (χ4n) is 3.23. The molecule has 148 valence electrons. The first-order chi connectivity index (χ1) is 12.6. The summed E-state index contributed by atoms with van der Waals surface area (Å²) in [6.45, 7) is 11.9. The molecule has 1 heterocycles. The Balaban J connectivity index is 2.35. The van der Waals surface area contributed by atoms with Crippen LogP contribution in [0, 0.1) is 11.2 Å². The average molecular weight is 377 g/mol. The minimum absolute atomic E-state index is 0.0933. The molecule has 1 fully saturated rings. The third-order valence-electron chi connectivity index (χ3n) is 4.53. The van der Waals surface area contributed by atoms with E-state index >= 15 is 0 Å². The Morgan fingerprint density at radius 2 is 2.04 bits per heavy atom. The number of ether oxygens (including phenoxy) is 2. The third-order valence-corrected chi connectivity index (χ3v) is 4.53. The van der Waals surface area contributed by atoms with Crippen LogP contribution >= 0.6 is 0 Å². The number of hydrogen-bond acceptors (Lipinski definition) is 4. The van der Waals surface area contributed by atoms with Crippen molar-refractivity contribution in [3.63, 3.8) is 0 Å². The van der Waals surface area contributed by atoms with E-state index in [1.807, 2.05) is 0 Å². The first kappa shape index (κ1) is 20.9. The molecule has 0 saturated carbocycles. The smallest absolute Gasteiger partial charge is 0.410 e. The normalized spacial score (nSPS) is 20.3. The Morgan fingerprint density at radius 1 is 1.33 bits per heavy atom. The van der Waals surface area contributed by atoms with Gasteiger partial charge in [0.1, 0.15) is 16.8 Å². The summed E-state index contributed by atoms with van der Waals surface area (Å²) in [5.74, 6) is -0.829. The zero-order valence-corrected chi connectivity index (χ0v) is 16.5. The highest BCUT2D eigenvalue weighted by molar-refractivity contribution is 5.83. The van der Waals surface area contributed by atoms with Crippen molar-refractivity contribution in [2.75, 3.05) is 19.7 Å². The lowest BCUT2D eigenvalue weighted by atomic mass is 9.72. The number of rotatable bonds is 4. The van der Waals surface area contributed by atoms with Crippen molar-refractivity contribution >= 4 is 12.1 Å². The minimum atomic E-state index is -1.13. The van der Waals surface area contributed by atoms with Crippen molar-refractivity contribution < 1.29 is 23.5 Å². The summed E-state index contributed by atoms with van der Waals surface area (Å²) < 4.78 is 24.4. The number of nitrogens with zero attached hydrogens (tertiary/aromatic N) is 1. The van der Waals surface area contributed by atoms with Crippen molar-refractivity contribution in [1.82, 2.24) is 4.90 Å². The summed E-state index contributed by atoms with van der Waals surface area (Å²) in [5.41, 5.74) is -0.431. The lowest BCUT2D eigenvalue weighted by Crippen LogP contribution is -2.53.